The smallest absolute Gasteiger partial charge is 0.122 e. The van der Waals surface area contributed by atoms with E-state index in [9.17, 15) is 0 Å². The second kappa shape index (κ2) is 7.59. The van der Waals surface area contributed by atoms with Crippen molar-refractivity contribution < 1.29 is 9.47 Å². The first-order chi connectivity index (χ1) is 9.78. The first kappa shape index (κ1) is 15.3. The third kappa shape index (κ3) is 3.70. The number of nitrogens with two attached hydrogens (primary N) is 1. The van der Waals surface area contributed by atoms with E-state index in [0.717, 1.165) is 44.0 Å². The van der Waals surface area contributed by atoms with Crippen LogP contribution in [-0.4, -0.2) is 50.4 Å². The number of nitrogens with one attached hydrogen (secondary N) is 1. The van der Waals surface area contributed by atoms with Crippen LogP contribution in [0.1, 0.15) is 12.5 Å². The van der Waals surface area contributed by atoms with Gasteiger partial charge in [0.05, 0.1) is 25.9 Å². The lowest BCUT2D eigenvalue weighted by Crippen LogP contribution is -2.54. The van der Waals surface area contributed by atoms with Crippen molar-refractivity contribution in [1.82, 2.24) is 10.3 Å². The van der Waals surface area contributed by atoms with Crippen LogP contribution in [0.25, 0.3) is 0 Å². The standard InChI is InChI=1S/C15H25N3O2/c1-3-18-8-9-20-15(11-18)13(17-16)10-12-6-4-5-7-14(12)19-2/h4-7,13,15,17H,3,8-11,16H2,1-2H3. The summed E-state index contributed by atoms with van der Waals surface area (Å²) < 4.78 is 11.3. The molecule has 1 aromatic rings. The molecule has 5 heteroatoms. The summed E-state index contributed by atoms with van der Waals surface area (Å²) in [5, 5.41) is 0. The van der Waals surface area contributed by atoms with Crippen molar-refractivity contribution in [2.24, 2.45) is 5.84 Å². The number of benzene rings is 1. The van der Waals surface area contributed by atoms with Gasteiger partial charge >= 0.3 is 0 Å². The molecule has 0 spiro atoms. The van der Waals surface area contributed by atoms with Crippen LogP contribution in [0, 0.1) is 0 Å². The van der Waals surface area contributed by atoms with Gasteiger partial charge in [0.2, 0.25) is 0 Å². The number of nitrogens with zero attached hydrogens (tertiary/aromatic N) is 1. The van der Waals surface area contributed by atoms with Crippen molar-refractivity contribution in [3.05, 3.63) is 29.8 Å². The minimum Gasteiger partial charge on any atom is -0.496 e. The van der Waals surface area contributed by atoms with Crippen LogP contribution >= 0.6 is 0 Å². The molecule has 0 amide bonds. The summed E-state index contributed by atoms with van der Waals surface area (Å²) >= 11 is 0. The van der Waals surface area contributed by atoms with E-state index in [4.69, 9.17) is 15.3 Å². The van der Waals surface area contributed by atoms with Crippen LogP contribution in [0.3, 0.4) is 0 Å². The Labute approximate surface area is 121 Å². The number of hydrazine groups is 1. The molecule has 1 fully saturated rings. The molecule has 0 aliphatic carbocycles. The zero-order valence-corrected chi connectivity index (χ0v) is 12.3. The molecule has 1 saturated heterocycles. The predicted molar refractivity (Wildman–Crippen MR) is 79.7 cm³/mol. The number of hydrogen-bond acceptors (Lipinski definition) is 5. The summed E-state index contributed by atoms with van der Waals surface area (Å²) in [6, 6.07) is 8.13. The van der Waals surface area contributed by atoms with Crippen molar-refractivity contribution in [1.29, 1.82) is 0 Å². The Hall–Kier alpha value is -1.14. The van der Waals surface area contributed by atoms with Crippen molar-refractivity contribution in [3.8, 4) is 5.75 Å². The van der Waals surface area contributed by atoms with Gasteiger partial charge in [0.1, 0.15) is 5.75 Å². The molecule has 2 atom stereocenters. The van der Waals surface area contributed by atoms with E-state index >= 15 is 0 Å². The van der Waals surface area contributed by atoms with E-state index in [0.29, 0.717) is 0 Å². The fraction of sp³-hybridized carbons (Fsp3) is 0.600. The zero-order valence-electron chi connectivity index (χ0n) is 12.3. The van der Waals surface area contributed by atoms with Crippen LogP contribution in [0.15, 0.2) is 24.3 Å². The highest BCUT2D eigenvalue weighted by molar-refractivity contribution is 5.34. The summed E-state index contributed by atoms with van der Waals surface area (Å²) in [5.41, 5.74) is 4.06. The maximum Gasteiger partial charge on any atom is 0.122 e. The average Bonchev–Trinajstić information content (AvgIpc) is 2.53. The largest absolute Gasteiger partial charge is 0.496 e. The molecule has 0 bridgehead atoms. The van der Waals surface area contributed by atoms with Gasteiger partial charge in [-0.3, -0.25) is 16.2 Å². The highest BCUT2D eigenvalue weighted by atomic mass is 16.5. The molecule has 0 aromatic heterocycles. The second-order valence-electron chi connectivity index (χ2n) is 5.09. The fourth-order valence-electron chi connectivity index (χ4n) is 2.67. The number of hydrogen-bond donors (Lipinski definition) is 2. The second-order valence-corrected chi connectivity index (χ2v) is 5.09. The molecule has 112 valence electrons. The van der Waals surface area contributed by atoms with Gasteiger partial charge in [0, 0.05) is 13.1 Å². The van der Waals surface area contributed by atoms with E-state index in [-0.39, 0.29) is 12.1 Å². The quantitative estimate of drug-likeness (QED) is 0.595. The zero-order chi connectivity index (χ0) is 14.4. The highest BCUT2D eigenvalue weighted by Gasteiger charge is 2.27. The minimum atomic E-state index is 0.0839. The predicted octanol–water partition coefficient (Wildman–Crippen LogP) is 0.790. The molecule has 20 heavy (non-hydrogen) atoms. The van der Waals surface area contributed by atoms with Gasteiger partial charge in [0.15, 0.2) is 0 Å². The van der Waals surface area contributed by atoms with Crippen molar-refractivity contribution in [3.63, 3.8) is 0 Å². The van der Waals surface area contributed by atoms with Crippen molar-refractivity contribution >= 4 is 0 Å². The van der Waals surface area contributed by atoms with Gasteiger partial charge < -0.3 is 9.47 Å². The highest BCUT2D eigenvalue weighted by Crippen LogP contribution is 2.21. The summed E-state index contributed by atoms with van der Waals surface area (Å²) in [7, 11) is 1.69. The average molecular weight is 279 g/mol. The van der Waals surface area contributed by atoms with Gasteiger partial charge in [-0.05, 0) is 24.6 Å². The molecular weight excluding hydrogens is 254 g/mol. The van der Waals surface area contributed by atoms with Crippen molar-refractivity contribution in [2.45, 2.75) is 25.5 Å². The first-order valence-corrected chi connectivity index (χ1v) is 7.20. The first-order valence-electron chi connectivity index (χ1n) is 7.20. The summed E-state index contributed by atoms with van der Waals surface area (Å²) in [4.78, 5) is 2.39. The SMILES string of the molecule is CCN1CCOC(C(Cc2ccccc2OC)NN)C1. The Kier molecular flexibility index (Phi) is 5.79. The van der Waals surface area contributed by atoms with Gasteiger partial charge in [-0.25, -0.2) is 0 Å². The number of methoxy groups -OCH3 is 1. The monoisotopic (exact) mass is 279 g/mol. The lowest BCUT2D eigenvalue weighted by molar-refractivity contribution is -0.0448. The maximum atomic E-state index is 5.88. The number of likely N-dealkylation sites (N-methyl/N-ethyl adjacent to an activating group) is 1. The van der Waals surface area contributed by atoms with Crippen molar-refractivity contribution in [2.75, 3.05) is 33.4 Å². The normalized spacial score (nSPS) is 21.6. The Bertz CT molecular complexity index is 414. The molecule has 1 aliphatic heterocycles. The van der Waals surface area contributed by atoms with E-state index < -0.39 is 0 Å². The molecule has 3 N–H and O–H groups in total. The third-order valence-corrected chi connectivity index (χ3v) is 3.92. The van der Waals surface area contributed by atoms with E-state index in [1.807, 2.05) is 18.2 Å². The molecular formula is C15H25N3O2. The summed E-state index contributed by atoms with van der Waals surface area (Å²) in [6.07, 6.45) is 0.904. The molecule has 0 saturated carbocycles. The number of ether oxygens (including phenoxy) is 2. The van der Waals surface area contributed by atoms with E-state index in [2.05, 4.69) is 23.3 Å². The lowest BCUT2D eigenvalue weighted by Gasteiger charge is -2.36. The van der Waals surface area contributed by atoms with Gasteiger partial charge in [-0.1, -0.05) is 25.1 Å². The molecule has 1 heterocycles. The van der Waals surface area contributed by atoms with Crippen LogP contribution < -0.4 is 16.0 Å². The Morgan fingerprint density at radius 3 is 3.00 bits per heavy atom. The molecule has 1 aromatic carbocycles. The Morgan fingerprint density at radius 2 is 2.30 bits per heavy atom. The molecule has 2 rings (SSSR count). The number of para-hydroxylation sites is 1. The van der Waals surface area contributed by atoms with Gasteiger partial charge in [-0.2, -0.15) is 0 Å². The molecule has 5 nitrogen and oxygen atoms in total. The topological polar surface area (TPSA) is 59.8 Å². The Balaban J connectivity index is 2.04. The maximum absolute atomic E-state index is 5.88. The molecule has 2 unspecified atom stereocenters. The van der Waals surface area contributed by atoms with Crippen LogP contribution in [-0.2, 0) is 11.2 Å². The van der Waals surface area contributed by atoms with Gasteiger partial charge in [0.25, 0.3) is 0 Å². The van der Waals surface area contributed by atoms with E-state index in [1.165, 1.54) is 0 Å². The summed E-state index contributed by atoms with van der Waals surface area (Å²) in [5.74, 6) is 6.64. The Morgan fingerprint density at radius 1 is 1.50 bits per heavy atom. The van der Waals surface area contributed by atoms with Crippen LogP contribution in [0.4, 0.5) is 0 Å². The van der Waals surface area contributed by atoms with Crippen LogP contribution in [0.2, 0.25) is 0 Å². The fourth-order valence-corrected chi connectivity index (χ4v) is 2.67. The van der Waals surface area contributed by atoms with Gasteiger partial charge in [-0.15, -0.1) is 0 Å². The molecule has 0 radical (unpaired) electrons. The number of rotatable bonds is 6. The van der Waals surface area contributed by atoms with Crippen LogP contribution in [0.5, 0.6) is 5.75 Å². The molecule has 1 aliphatic rings. The number of morpholine rings is 1. The lowest BCUT2D eigenvalue weighted by atomic mass is 9.99. The summed E-state index contributed by atoms with van der Waals surface area (Å²) in [6.45, 7) is 5.90. The van der Waals surface area contributed by atoms with E-state index in [1.54, 1.807) is 7.11 Å². The third-order valence-electron chi connectivity index (χ3n) is 3.92. The minimum absolute atomic E-state index is 0.0839.